The molecular formula is C24H28N2O. The minimum Gasteiger partial charge on any atom is -0.487 e. The number of nitrogens with one attached hydrogen (secondary N) is 2. The first kappa shape index (κ1) is 18.8. The van der Waals surface area contributed by atoms with Crippen LogP contribution in [0.4, 0.5) is 11.4 Å². The smallest absolute Gasteiger partial charge is 0.142 e. The summed E-state index contributed by atoms with van der Waals surface area (Å²) in [5, 5.41) is 7.04. The van der Waals surface area contributed by atoms with Crippen LogP contribution in [0.25, 0.3) is 0 Å². The van der Waals surface area contributed by atoms with Gasteiger partial charge in [-0.25, -0.2) is 0 Å². The lowest BCUT2D eigenvalue weighted by Crippen LogP contribution is -2.15. The number of benzene rings is 3. The van der Waals surface area contributed by atoms with Crippen LogP contribution in [0.5, 0.6) is 5.75 Å². The Morgan fingerprint density at radius 3 is 2.11 bits per heavy atom. The highest BCUT2D eigenvalue weighted by atomic mass is 16.5. The van der Waals surface area contributed by atoms with Crippen molar-refractivity contribution in [2.75, 3.05) is 23.7 Å². The third kappa shape index (κ3) is 5.27. The van der Waals surface area contributed by atoms with Crippen LogP contribution in [0.15, 0.2) is 66.7 Å². The van der Waals surface area contributed by atoms with Gasteiger partial charge in [0.1, 0.15) is 12.4 Å². The summed E-state index contributed by atoms with van der Waals surface area (Å²) in [5.74, 6) is 0.879. The van der Waals surface area contributed by atoms with Crippen molar-refractivity contribution in [1.29, 1.82) is 0 Å². The lowest BCUT2D eigenvalue weighted by atomic mass is 10.1. The molecule has 2 N–H and O–H groups in total. The predicted octanol–water partition coefficient (Wildman–Crippen LogP) is 5.71. The molecule has 0 heterocycles. The molecule has 0 unspecified atom stereocenters. The van der Waals surface area contributed by atoms with Crippen LogP contribution >= 0.6 is 0 Å². The van der Waals surface area contributed by atoms with Gasteiger partial charge in [0, 0.05) is 18.8 Å². The lowest BCUT2D eigenvalue weighted by Gasteiger charge is -2.16. The van der Waals surface area contributed by atoms with Gasteiger partial charge in [-0.2, -0.15) is 0 Å². The van der Waals surface area contributed by atoms with Gasteiger partial charge in [0.2, 0.25) is 0 Å². The van der Waals surface area contributed by atoms with E-state index in [-0.39, 0.29) is 0 Å². The second-order valence-electron chi connectivity index (χ2n) is 6.90. The quantitative estimate of drug-likeness (QED) is 0.504. The van der Waals surface area contributed by atoms with Gasteiger partial charge < -0.3 is 15.4 Å². The van der Waals surface area contributed by atoms with Gasteiger partial charge >= 0.3 is 0 Å². The first-order valence-electron chi connectivity index (χ1n) is 9.45. The number of anilines is 2. The minimum atomic E-state index is 0.569. The summed E-state index contributed by atoms with van der Waals surface area (Å²) in [5.41, 5.74) is 7.30. The van der Waals surface area contributed by atoms with E-state index in [1.54, 1.807) is 0 Å². The van der Waals surface area contributed by atoms with Crippen molar-refractivity contribution in [1.82, 2.24) is 0 Å². The Morgan fingerprint density at radius 2 is 1.37 bits per heavy atom. The van der Waals surface area contributed by atoms with Crippen LogP contribution in [0.2, 0.25) is 0 Å². The van der Waals surface area contributed by atoms with E-state index >= 15 is 0 Å². The largest absolute Gasteiger partial charge is 0.487 e. The predicted molar refractivity (Wildman–Crippen MR) is 115 cm³/mol. The average Bonchev–Trinajstić information content (AvgIpc) is 2.66. The Hall–Kier alpha value is -2.94. The normalized spacial score (nSPS) is 10.5. The van der Waals surface area contributed by atoms with E-state index in [1.165, 1.54) is 27.9 Å². The number of ether oxygens (including phenoxy) is 1. The summed E-state index contributed by atoms with van der Waals surface area (Å²) >= 11 is 0. The molecular weight excluding hydrogens is 332 g/mol. The molecule has 0 aliphatic heterocycles. The molecule has 0 aliphatic carbocycles. The van der Waals surface area contributed by atoms with Crippen LogP contribution in [0.1, 0.15) is 22.3 Å². The third-order valence-electron chi connectivity index (χ3n) is 4.54. The molecule has 0 aliphatic rings. The number of aryl methyl sites for hydroxylation is 3. The Labute approximate surface area is 162 Å². The van der Waals surface area contributed by atoms with Gasteiger partial charge in [0.05, 0.1) is 5.69 Å². The molecule has 0 bridgehead atoms. The molecule has 0 aromatic heterocycles. The van der Waals surface area contributed by atoms with Gasteiger partial charge in [-0.1, -0.05) is 60.2 Å². The number of hydrogen-bond acceptors (Lipinski definition) is 3. The van der Waals surface area contributed by atoms with Crippen LogP contribution in [-0.4, -0.2) is 13.1 Å². The van der Waals surface area contributed by atoms with Crippen molar-refractivity contribution < 1.29 is 4.74 Å². The van der Waals surface area contributed by atoms with Crippen LogP contribution < -0.4 is 15.4 Å². The van der Waals surface area contributed by atoms with Gasteiger partial charge in [0.25, 0.3) is 0 Å². The lowest BCUT2D eigenvalue weighted by molar-refractivity contribution is 0.307. The zero-order valence-corrected chi connectivity index (χ0v) is 16.4. The molecule has 0 saturated heterocycles. The summed E-state index contributed by atoms with van der Waals surface area (Å²) in [6.45, 7) is 8.68. The highest BCUT2D eigenvalue weighted by Crippen LogP contribution is 2.25. The van der Waals surface area contributed by atoms with Crippen LogP contribution in [-0.2, 0) is 6.61 Å². The molecule has 3 heteroatoms. The van der Waals surface area contributed by atoms with Gasteiger partial charge in [-0.05, 0) is 49.6 Å². The fourth-order valence-corrected chi connectivity index (χ4v) is 3.32. The molecule has 27 heavy (non-hydrogen) atoms. The molecule has 140 valence electrons. The van der Waals surface area contributed by atoms with E-state index < -0.39 is 0 Å². The highest BCUT2D eigenvalue weighted by Gasteiger charge is 2.05. The van der Waals surface area contributed by atoms with E-state index in [9.17, 15) is 0 Å². The fraction of sp³-hybridized carbons (Fsp3) is 0.250. The Balaban J connectivity index is 1.54. The maximum absolute atomic E-state index is 6.01. The van der Waals surface area contributed by atoms with Gasteiger partial charge in [-0.15, -0.1) is 0 Å². The summed E-state index contributed by atoms with van der Waals surface area (Å²) in [6, 6.07) is 22.8. The van der Waals surface area contributed by atoms with Crippen LogP contribution in [0.3, 0.4) is 0 Å². The molecule has 0 saturated carbocycles. The summed E-state index contributed by atoms with van der Waals surface area (Å²) in [6.07, 6.45) is 0. The topological polar surface area (TPSA) is 33.3 Å². The summed E-state index contributed by atoms with van der Waals surface area (Å²) < 4.78 is 6.01. The number of para-hydroxylation sites is 2. The fourth-order valence-electron chi connectivity index (χ4n) is 3.32. The van der Waals surface area contributed by atoms with E-state index in [4.69, 9.17) is 4.74 Å². The molecule has 0 amide bonds. The Morgan fingerprint density at radius 1 is 0.741 bits per heavy atom. The second-order valence-corrected chi connectivity index (χ2v) is 6.90. The maximum Gasteiger partial charge on any atom is 0.142 e. The molecule has 3 nitrogen and oxygen atoms in total. The first-order valence-corrected chi connectivity index (χ1v) is 9.45. The highest BCUT2D eigenvalue weighted by molar-refractivity contribution is 5.59. The number of hydrogen-bond donors (Lipinski definition) is 2. The molecule has 3 rings (SSSR count). The van der Waals surface area contributed by atoms with Gasteiger partial charge in [-0.3, -0.25) is 0 Å². The van der Waals surface area contributed by atoms with Crippen molar-refractivity contribution >= 4 is 11.4 Å². The zero-order chi connectivity index (χ0) is 19.1. The van der Waals surface area contributed by atoms with E-state index in [1.807, 2.05) is 36.4 Å². The SMILES string of the molecule is Cc1cc(C)c(NCCNc2ccccc2OCc2ccccc2)c(C)c1. The molecule has 3 aromatic carbocycles. The minimum absolute atomic E-state index is 0.569. The summed E-state index contributed by atoms with van der Waals surface area (Å²) in [4.78, 5) is 0. The van der Waals surface area contributed by atoms with E-state index in [2.05, 4.69) is 61.7 Å². The van der Waals surface area contributed by atoms with Crippen molar-refractivity contribution in [3.05, 3.63) is 89.0 Å². The monoisotopic (exact) mass is 360 g/mol. The average molecular weight is 361 g/mol. The second kappa shape index (κ2) is 9.13. The maximum atomic E-state index is 6.01. The third-order valence-corrected chi connectivity index (χ3v) is 4.54. The van der Waals surface area contributed by atoms with Crippen molar-refractivity contribution in [2.45, 2.75) is 27.4 Å². The molecule has 0 radical (unpaired) electrons. The van der Waals surface area contributed by atoms with Crippen LogP contribution in [0, 0.1) is 20.8 Å². The Bertz CT molecular complexity index is 852. The zero-order valence-electron chi connectivity index (χ0n) is 16.4. The molecule has 0 fully saturated rings. The van der Waals surface area contributed by atoms with Crippen molar-refractivity contribution in [3.8, 4) is 5.75 Å². The van der Waals surface area contributed by atoms with Crippen molar-refractivity contribution in [3.63, 3.8) is 0 Å². The summed E-state index contributed by atoms with van der Waals surface area (Å²) in [7, 11) is 0. The Kier molecular flexibility index (Phi) is 6.37. The van der Waals surface area contributed by atoms with Crippen molar-refractivity contribution in [2.24, 2.45) is 0 Å². The molecule has 0 atom stereocenters. The molecule has 0 spiro atoms. The molecule has 3 aromatic rings. The van der Waals surface area contributed by atoms with E-state index in [0.717, 1.165) is 24.5 Å². The number of rotatable bonds is 8. The standard InChI is InChI=1S/C24H28N2O/c1-18-15-19(2)24(20(3)16-18)26-14-13-25-22-11-7-8-12-23(22)27-17-21-9-5-4-6-10-21/h4-12,15-16,25-26H,13-14,17H2,1-3H3. The van der Waals surface area contributed by atoms with E-state index in [0.29, 0.717) is 6.61 Å². The van der Waals surface area contributed by atoms with Gasteiger partial charge in [0.15, 0.2) is 0 Å². The first-order chi connectivity index (χ1) is 13.1.